The molecule has 5 nitrogen and oxygen atoms in total. The molecule has 0 fully saturated rings. The minimum absolute atomic E-state index is 0.503. The Morgan fingerprint density at radius 2 is 1.05 bits per heavy atom. The summed E-state index contributed by atoms with van der Waals surface area (Å²) in [4.78, 5) is 11.3. The zero-order valence-electron chi connectivity index (χ0n) is 34.5. The average Bonchev–Trinajstić information content (AvgIpc) is 3.90. The molecule has 0 aliphatic carbocycles. The molecule has 13 aromatic rings. The normalized spacial score (nSPS) is 14.4. The topological polar surface area (TPSA) is 54.8 Å². The number of aromatic nitrogens is 1. The number of rotatable bonds is 4. The maximum Gasteiger partial charge on any atom is 0.160 e. The van der Waals surface area contributed by atoms with Crippen LogP contribution in [0.4, 0.5) is 0 Å². The van der Waals surface area contributed by atoms with E-state index < -0.39 is 6.17 Å². The maximum absolute atomic E-state index is 7.18. The molecule has 0 saturated carbocycles. The highest BCUT2D eigenvalue weighted by Crippen LogP contribution is 2.45. The number of fused-ring (bicyclic) bond motifs is 13. The second kappa shape index (κ2) is 13.5. The molecule has 0 amide bonds. The van der Waals surface area contributed by atoms with E-state index in [1.807, 2.05) is 6.07 Å². The van der Waals surface area contributed by atoms with E-state index in [-0.39, 0.29) is 0 Å². The van der Waals surface area contributed by atoms with E-state index >= 15 is 0 Å². The fourth-order valence-corrected chi connectivity index (χ4v) is 10.6. The number of aliphatic imine (C=N–C) groups is 2. The summed E-state index contributed by atoms with van der Waals surface area (Å²) in [6.07, 6.45) is -0.503. The number of nitrogens with one attached hydrogen (secondary N) is 1. The molecule has 0 saturated heterocycles. The minimum Gasteiger partial charge on any atom is -0.455 e. The SMILES string of the molecule is c1ccc2cc3c(cc2c1)c1ccccc1n3-c1c(C2=NC(c3cccc4ccccc34)=NC(c3cc4ccccc4c4ccccc34)N2)c2oc3ccccc3c2c2ccccc12. The lowest BCUT2D eigenvalue weighted by atomic mass is 9.94. The van der Waals surface area contributed by atoms with Crippen molar-refractivity contribution in [1.82, 2.24) is 9.88 Å². The molecule has 14 rings (SSSR count). The lowest BCUT2D eigenvalue weighted by molar-refractivity contribution is 0.661. The zero-order valence-corrected chi connectivity index (χ0v) is 34.5. The van der Waals surface area contributed by atoms with Gasteiger partial charge < -0.3 is 14.3 Å². The molecule has 5 heteroatoms. The molecular weight excluding hydrogens is 781 g/mol. The van der Waals surface area contributed by atoms with E-state index in [0.29, 0.717) is 11.7 Å². The number of benzene rings is 11. The number of hydrogen-bond donors (Lipinski definition) is 1. The van der Waals surface area contributed by atoms with Crippen LogP contribution in [0.1, 0.15) is 22.9 Å². The van der Waals surface area contributed by atoms with Crippen molar-refractivity contribution < 1.29 is 4.42 Å². The second-order valence-electron chi connectivity index (χ2n) is 16.9. The molecule has 1 atom stereocenters. The Bertz CT molecular complexity index is 4180. The largest absolute Gasteiger partial charge is 0.455 e. The van der Waals surface area contributed by atoms with Gasteiger partial charge in [0.2, 0.25) is 0 Å². The summed E-state index contributed by atoms with van der Waals surface area (Å²) >= 11 is 0. The van der Waals surface area contributed by atoms with E-state index in [1.165, 1.54) is 32.3 Å². The first-order chi connectivity index (χ1) is 31.7. The molecule has 0 bridgehead atoms. The van der Waals surface area contributed by atoms with Crippen LogP contribution in [-0.2, 0) is 0 Å². The highest BCUT2D eigenvalue weighted by molar-refractivity contribution is 6.31. The van der Waals surface area contributed by atoms with Crippen molar-refractivity contribution in [2.45, 2.75) is 6.17 Å². The third-order valence-electron chi connectivity index (χ3n) is 13.4. The molecule has 1 N–H and O–H groups in total. The lowest BCUT2D eigenvalue weighted by Crippen LogP contribution is -2.34. The molecule has 298 valence electrons. The Balaban J connectivity index is 1.15. The average molecular weight is 817 g/mol. The summed E-state index contributed by atoms with van der Waals surface area (Å²) in [6, 6.07) is 73.8. The minimum atomic E-state index is -0.503. The van der Waals surface area contributed by atoms with Crippen molar-refractivity contribution in [1.29, 1.82) is 0 Å². The quantitative estimate of drug-likeness (QED) is 0.180. The smallest absolute Gasteiger partial charge is 0.160 e. The van der Waals surface area contributed by atoms with E-state index in [4.69, 9.17) is 14.4 Å². The highest BCUT2D eigenvalue weighted by Gasteiger charge is 2.31. The van der Waals surface area contributed by atoms with Gasteiger partial charge in [-0.25, -0.2) is 9.98 Å². The van der Waals surface area contributed by atoms with Crippen molar-refractivity contribution in [3.05, 3.63) is 223 Å². The van der Waals surface area contributed by atoms with Crippen LogP contribution >= 0.6 is 0 Å². The Morgan fingerprint density at radius 3 is 1.88 bits per heavy atom. The first kappa shape index (κ1) is 35.1. The predicted molar refractivity (Wildman–Crippen MR) is 267 cm³/mol. The number of hydrogen-bond acceptors (Lipinski definition) is 4. The van der Waals surface area contributed by atoms with Gasteiger partial charge in [-0.3, -0.25) is 0 Å². The van der Waals surface area contributed by atoms with Gasteiger partial charge in [0.1, 0.15) is 23.2 Å². The molecule has 3 heterocycles. The fourth-order valence-electron chi connectivity index (χ4n) is 10.6. The molecule has 0 spiro atoms. The first-order valence-electron chi connectivity index (χ1n) is 21.9. The zero-order chi connectivity index (χ0) is 41.9. The van der Waals surface area contributed by atoms with Gasteiger partial charge in [0.25, 0.3) is 0 Å². The molecule has 11 aromatic carbocycles. The van der Waals surface area contributed by atoms with Gasteiger partial charge in [-0.1, -0.05) is 176 Å². The van der Waals surface area contributed by atoms with Crippen LogP contribution in [0.2, 0.25) is 0 Å². The second-order valence-corrected chi connectivity index (χ2v) is 16.9. The molecular formula is C59H36N4O. The molecule has 1 aliphatic heterocycles. The standard InChI is InChI=1S/C59H36N4O/c1-2-18-37-34-51-48(32-36(37)17-1)43-25-11-13-30-50(43)63(51)55-45-27-10-9-26-44(45)53-47-28-12-14-31-52(47)64-56(53)54(55)59-61-57(46-29-15-20-35-16-3-5-21-39(35)46)60-58(62-59)49-33-38-19-4-6-22-40(38)41-23-7-8-24-42(41)49/h1-34,58H,(H,60,61,62). The van der Waals surface area contributed by atoms with Crippen LogP contribution in [0.15, 0.2) is 221 Å². The van der Waals surface area contributed by atoms with Crippen molar-refractivity contribution >= 4 is 109 Å². The van der Waals surface area contributed by atoms with Crippen LogP contribution in [-0.4, -0.2) is 16.2 Å². The Labute approximate surface area is 366 Å². The summed E-state index contributed by atoms with van der Waals surface area (Å²) in [5.41, 5.74) is 7.73. The van der Waals surface area contributed by atoms with Crippen LogP contribution < -0.4 is 5.32 Å². The summed E-state index contributed by atoms with van der Waals surface area (Å²) < 4.78 is 9.64. The Hall–Kier alpha value is -8.54. The third kappa shape index (κ3) is 5.06. The van der Waals surface area contributed by atoms with E-state index in [0.717, 1.165) is 87.7 Å². The van der Waals surface area contributed by atoms with Crippen LogP contribution in [0, 0.1) is 0 Å². The van der Waals surface area contributed by atoms with Gasteiger partial charge in [0.15, 0.2) is 5.84 Å². The fraction of sp³-hybridized carbons (Fsp3) is 0.0169. The van der Waals surface area contributed by atoms with Crippen molar-refractivity contribution in [2.24, 2.45) is 9.98 Å². The van der Waals surface area contributed by atoms with Crippen molar-refractivity contribution in [3.63, 3.8) is 0 Å². The summed E-state index contributed by atoms with van der Waals surface area (Å²) in [6.45, 7) is 0. The van der Waals surface area contributed by atoms with Crippen LogP contribution in [0.5, 0.6) is 0 Å². The van der Waals surface area contributed by atoms with Gasteiger partial charge >= 0.3 is 0 Å². The molecule has 2 aromatic heterocycles. The van der Waals surface area contributed by atoms with Gasteiger partial charge in [-0.15, -0.1) is 0 Å². The third-order valence-corrected chi connectivity index (χ3v) is 13.4. The summed E-state index contributed by atoms with van der Waals surface area (Å²) in [5.74, 6) is 1.35. The summed E-state index contributed by atoms with van der Waals surface area (Å²) in [5, 5.41) is 20.0. The predicted octanol–water partition coefficient (Wildman–Crippen LogP) is 14.9. The van der Waals surface area contributed by atoms with Gasteiger partial charge in [-0.05, 0) is 78.8 Å². The highest BCUT2D eigenvalue weighted by atomic mass is 16.3. The Kier molecular flexibility index (Phi) is 7.39. The number of furan rings is 1. The lowest BCUT2D eigenvalue weighted by Gasteiger charge is -2.27. The van der Waals surface area contributed by atoms with Crippen LogP contribution in [0.25, 0.3) is 103 Å². The Morgan fingerprint density at radius 1 is 0.438 bits per heavy atom. The molecule has 64 heavy (non-hydrogen) atoms. The van der Waals surface area contributed by atoms with E-state index in [1.54, 1.807) is 0 Å². The number of nitrogens with zero attached hydrogens (tertiary/aromatic N) is 3. The number of para-hydroxylation sites is 2. The van der Waals surface area contributed by atoms with Gasteiger partial charge in [0.05, 0.1) is 22.3 Å². The van der Waals surface area contributed by atoms with Gasteiger partial charge in [0, 0.05) is 38.1 Å². The number of amidine groups is 2. The molecule has 1 aliphatic rings. The molecule has 0 radical (unpaired) electrons. The molecule has 1 unspecified atom stereocenters. The van der Waals surface area contributed by atoms with Gasteiger partial charge in [-0.2, -0.15) is 0 Å². The first-order valence-corrected chi connectivity index (χ1v) is 21.9. The van der Waals surface area contributed by atoms with E-state index in [2.05, 4.69) is 210 Å². The maximum atomic E-state index is 7.18. The van der Waals surface area contributed by atoms with E-state index in [9.17, 15) is 0 Å². The summed E-state index contributed by atoms with van der Waals surface area (Å²) in [7, 11) is 0. The van der Waals surface area contributed by atoms with Crippen molar-refractivity contribution in [3.8, 4) is 5.69 Å². The van der Waals surface area contributed by atoms with Crippen molar-refractivity contribution in [2.75, 3.05) is 0 Å². The monoisotopic (exact) mass is 816 g/mol. The van der Waals surface area contributed by atoms with Crippen LogP contribution in [0.3, 0.4) is 0 Å².